The zero-order valence-electron chi connectivity index (χ0n) is 6.98. The van der Waals surface area contributed by atoms with Gasteiger partial charge < -0.3 is 0 Å². The van der Waals surface area contributed by atoms with Crippen LogP contribution in [-0.4, -0.2) is 13.3 Å². The molecule has 0 atom stereocenters. The van der Waals surface area contributed by atoms with E-state index in [4.69, 9.17) is 28.3 Å². The van der Waals surface area contributed by atoms with Crippen LogP contribution in [0.3, 0.4) is 0 Å². The molecule has 1 aromatic rings. The molecule has 0 unspecified atom stereocenters. The van der Waals surface area contributed by atoms with E-state index in [-0.39, 0.29) is 5.02 Å². The number of halogens is 2. The number of benzene rings is 1. The summed E-state index contributed by atoms with van der Waals surface area (Å²) in [6.45, 7) is 0. The first-order valence-electron chi connectivity index (χ1n) is 3.39. The van der Waals surface area contributed by atoms with Crippen molar-refractivity contribution < 1.29 is 13.3 Å². The Kier molecular flexibility index (Phi) is 3.19. The van der Waals surface area contributed by atoms with E-state index in [1.807, 2.05) is 0 Å². The second kappa shape index (κ2) is 3.93. The molecule has 0 heterocycles. The molecule has 6 nitrogen and oxygen atoms in total. The van der Waals surface area contributed by atoms with Crippen LogP contribution in [0.4, 0.5) is 5.69 Å². The van der Waals surface area contributed by atoms with Crippen molar-refractivity contribution in [3.05, 3.63) is 32.3 Å². The second-order valence-corrected chi connectivity index (χ2v) is 4.88. The number of rotatable bonds is 2. The van der Waals surface area contributed by atoms with Crippen molar-refractivity contribution >= 4 is 38.9 Å². The van der Waals surface area contributed by atoms with Crippen molar-refractivity contribution in [1.29, 1.82) is 0 Å². The van der Waals surface area contributed by atoms with E-state index in [9.17, 15) is 18.5 Å². The van der Waals surface area contributed by atoms with Gasteiger partial charge in [-0.05, 0) is 6.07 Å². The molecule has 0 aromatic heterocycles. The van der Waals surface area contributed by atoms with Crippen LogP contribution in [0.2, 0.25) is 10.0 Å². The van der Waals surface area contributed by atoms with Gasteiger partial charge in [0.25, 0.3) is 5.69 Å². The third kappa shape index (κ3) is 2.57. The topological polar surface area (TPSA) is 103 Å². The van der Waals surface area contributed by atoms with Crippen molar-refractivity contribution in [1.82, 2.24) is 0 Å². The van der Waals surface area contributed by atoms with Gasteiger partial charge in [0, 0.05) is 11.1 Å². The molecule has 1 rings (SSSR count). The van der Waals surface area contributed by atoms with E-state index in [1.165, 1.54) is 0 Å². The van der Waals surface area contributed by atoms with Gasteiger partial charge in [0.1, 0.15) is 9.92 Å². The van der Waals surface area contributed by atoms with Gasteiger partial charge in [-0.1, -0.05) is 23.2 Å². The zero-order valence-corrected chi connectivity index (χ0v) is 9.30. The number of hydrogen-bond acceptors (Lipinski definition) is 4. The number of sulfonamides is 1. The minimum absolute atomic E-state index is 0.130. The molecule has 0 aliphatic heterocycles. The lowest BCUT2D eigenvalue weighted by Crippen LogP contribution is -2.13. The number of nitro groups is 1. The lowest BCUT2D eigenvalue weighted by molar-refractivity contribution is -0.384. The molecule has 15 heavy (non-hydrogen) atoms. The third-order valence-corrected chi connectivity index (χ3v) is 3.15. The minimum Gasteiger partial charge on any atom is -0.258 e. The van der Waals surface area contributed by atoms with Crippen molar-refractivity contribution in [2.24, 2.45) is 5.14 Å². The summed E-state index contributed by atoms with van der Waals surface area (Å²) in [5.74, 6) is 0. The van der Waals surface area contributed by atoms with E-state index in [2.05, 4.69) is 0 Å². The van der Waals surface area contributed by atoms with Crippen molar-refractivity contribution in [3.63, 3.8) is 0 Å². The molecule has 0 bridgehead atoms. The lowest BCUT2D eigenvalue weighted by atomic mass is 10.3. The standard InChI is InChI=1S/C6H4Cl2N2O4S/c7-3-1-4(10(11)12)6(8)5(2-3)15(9,13)14/h1-2H,(H2,9,13,14). The van der Waals surface area contributed by atoms with Gasteiger partial charge in [0.15, 0.2) is 0 Å². The summed E-state index contributed by atoms with van der Waals surface area (Å²) in [5.41, 5.74) is -0.604. The van der Waals surface area contributed by atoms with Crippen LogP contribution >= 0.6 is 23.2 Å². The second-order valence-electron chi connectivity index (χ2n) is 2.54. The van der Waals surface area contributed by atoms with Crippen LogP contribution in [0.15, 0.2) is 17.0 Å². The van der Waals surface area contributed by atoms with Gasteiger partial charge in [-0.15, -0.1) is 0 Å². The molecule has 0 aliphatic rings. The molecule has 0 saturated heterocycles. The average molecular weight is 271 g/mol. The molecule has 0 amide bonds. The Morgan fingerprint density at radius 3 is 2.27 bits per heavy atom. The molecule has 0 spiro atoms. The van der Waals surface area contributed by atoms with Crippen LogP contribution in [0.5, 0.6) is 0 Å². The predicted octanol–water partition coefficient (Wildman–Crippen LogP) is 1.55. The maximum atomic E-state index is 11.0. The normalized spacial score (nSPS) is 11.4. The van der Waals surface area contributed by atoms with Crippen LogP contribution < -0.4 is 5.14 Å². The molecule has 2 N–H and O–H groups in total. The van der Waals surface area contributed by atoms with Crippen LogP contribution in [-0.2, 0) is 10.0 Å². The summed E-state index contributed by atoms with van der Waals surface area (Å²) in [4.78, 5) is 9.07. The molecule has 0 radical (unpaired) electrons. The maximum absolute atomic E-state index is 11.0. The van der Waals surface area contributed by atoms with E-state index < -0.39 is 30.6 Å². The molecule has 9 heteroatoms. The predicted molar refractivity (Wildman–Crippen MR) is 54.5 cm³/mol. The number of primary sulfonamides is 1. The Bertz CT molecular complexity index is 528. The summed E-state index contributed by atoms with van der Waals surface area (Å²) >= 11 is 11.0. The lowest BCUT2D eigenvalue weighted by Gasteiger charge is -2.02. The van der Waals surface area contributed by atoms with E-state index in [1.54, 1.807) is 0 Å². The average Bonchev–Trinajstić information content (AvgIpc) is 2.06. The summed E-state index contributed by atoms with van der Waals surface area (Å²) in [5, 5.41) is 14.6. The highest BCUT2D eigenvalue weighted by atomic mass is 35.5. The maximum Gasteiger partial charge on any atom is 0.290 e. The number of nitrogens with zero attached hydrogens (tertiary/aromatic N) is 1. The molecule has 0 fully saturated rings. The Balaban J connectivity index is 3.63. The Morgan fingerprint density at radius 2 is 1.87 bits per heavy atom. The highest BCUT2D eigenvalue weighted by Crippen LogP contribution is 2.33. The number of nitro benzene ring substituents is 1. The molecular formula is C6H4Cl2N2O4S. The monoisotopic (exact) mass is 270 g/mol. The molecule has 0 aliphatic carbocycles. The molecule has 1 aromatic carbocycles. The first kappa shape index (κ1) is 12.2. The number of nitrogens with two attached hydrogens (primary N) is 1. The van der Waals surface area contributed by atoms with Crippen molar-refractivity contribution in [2.45, 2.75) is 4.90 Å². The summed E-state index contributed by atoms with van der Waals surface area (Å²) < 4.78 is 22.0. The van der Waals surface area contributed by atoms with Gasteiger partial charge in [0.2, 0.25) is 10.0 Å². The Hall–Kier alpha value is -0.890. The molecule has 0 saturated carbocycles. The Morgan fingerprint density at radius 1 is 1.33 bits per heavy atom. The van der Waals surface area contributed by atoms with Gasteiger partial charge in [-0.3, -0.25) is 10.1 Å². The smallest absolute Gasteiger partial charge is 0.258 e. The largest absolute Gasteiger partial charge is 0.290 e. The molecule has 82 valence electrons. The Labute approximate surface area is 94.8 Å². The third-order valence-electron chi connectivity index (χ3n) is 1.49. The van der Waals surface area contributed by atoms with E-state index in [0.29, 0.717) is 0 Å². The fourth-order valence-corrected chi connectivity index (χ4v) is 2.31. The highest BCUT2D eigenvalue weighted by molar-refractivity contribution is 7.89. The highest BCUT2D eigenvalue weighted by Gasteiger charge is 2.23. The zero-order chi connectivity index (χ0) is 11.8. The fraction of sp³-hybridized carbons (Fsp3) is 0. The van der Waals surface area contributed by atoms with Crippen LogP contribution in [0.25, 0.3) is 0 Å². The van der Waals surface area contributed by atoms with E-state index in [0.717, 1.165) is 12.1 Å². The van der Waals surface area contributed by atoms with Gasteiger partial charge in [-0.25, -0.2) is 13.6 Å². The van der Waals surface area contributed by atoms with E-state index >= 15 is 0 Å². The van der Waals surface area contributed by atoms with Crippen molar-refractivity contribution in [3.8, 4) is 0 Å². The number of hydrogen-bond donors (Lipinski definition) is 1. The summed E-state index contributed by atoms with van der Waals surface area (Å²) in [7, 11) is -4.13. The van der Waals surface area contributed by atoms with Gasteiger partial charge >= 0.3 is 0 Å². The summed E-state index contributed by atoms with van der Waals surface area (Å²) in [6, 6.07) is 1.89. The van der Waals surface area contributed by atoms with Crippen molar-refractivity contribution in [2.75, 3.05) is 0 Å². The van der Waals surface area contributed by atoms with Crippen LogP contribution in [0, 0.1) is 10.1 Å². The quantitative estimate of drug-likeness (QED) is 0.650. The fourth-order valence-electron chi connectivity index (χ4n) is 0.890. The first-order valence-corrected chi connectivity index (χ1v) is 5.70. The minimum atomic E-state index is -4.13. The first-order chi connectivity index (χ1) is 6.73. The van der Waals surface area contributed by atoms with Gasteiger partial charge in [-0.2, -0.15) is 0 Å². The summed E-state index contributed by atoms with van der Waals surface area (Å²) in [6.07, 6.45) is 0. The van der Waals surface area contributed by atoms with Gasteiger partial charge in [0.05, 0.1) is 4.92 Å². The van der Waals surface area contributed by atoms with Crippen LogP contribution in [0.1, 0.15) is 0 Å². The molecular weight excluding hydrogens is 267 g/mol. The SMILES string of the molecule is NS(=O)(=O)c1cc(Cl)cc([N+](=O)[O-])c1Cl.